The number of hydrogen-bond acceptors (Lipinski definition) is 3. The lowest BCUT2D eigenvalue weighted by Crippen LogP contribution is -2.36. The molecule has 1 aromatic heterocycles. The van der Waals surface area contributed by atoms with Crippen molar-refractivity contribution in [3.05, 3.63) is 22.8 Å². The molecule has 0 saturated carbocycles. The number of aromatic nitrogens is 1. The van der Waals surface area contributed by atoms with Gasteiger partial charge in [-0.25, -0.2) is 4.98 Å². The van der Waals surface area contributed by atoms with Crippen molar-refractivity contribution < 1.29 is 9.84 Å². The van der Waals surface area contributed by atoms with Gasteiger partial charge in [0.2, 0.25) is 5.88 Å². The minimum absolute atomic E-state index is 0.225. The summed E-state index contributed by atoms with van der Waals surface area (Å²) < 4.78 is 6.08. The Morgan fingerprint density at radius 1 is 1.62 bits per heavy atom. The predicted octanol–water partition coefficient (Wildman–Crippen LogP) is -0.865. The second kappa shape index (κ2) is 4.15. The minimum atomic E-state index is -0.836. The summed E-state index contributed by atoms with van der Waals surface area (Å²) in [6.07, 6.45) is 1.64. The standard InChI is InChI=1S/C7H10B2BrNO2/c8-7(9,12)4-13-6-5(10)2-1-3-11-6/h1-3,12H,4,8-9H2. The molecule has 0 unspecified atom stereocenters. The third-order valence-electron chi connectivity index (χ3n) is 1.29. The summed E-state index contributed by atoms with van der Waals surface area (Å²) in [5.41, 5.74) is 0. The molecule has 0 saturated heterocycles. The second-order valence-electron chi connectivity index (χ2n) is 3.39. The Balaban J connectivity index is 2.60. The molecule has 0 spiro atoms. The molecule has 0 aromatic carbocycles. The van der Waals surface area contributed by atoms with Crippen LogP contribution >= 0.6 is 15.9 Å². The van der Waals surface area contributed by atoms with E-state index >= 15 is 0 Å². The van der Waals surface area contributed by atoms with E-state index in [0.29, 0.717) is 5.88 Å². The van der Waals surface area contributed by atoms with Gasteiger partial charge in [0.1, 0.15) is 22.3 Å². The van der Waals surface area contributed by atoms with E-state index in [0.717, 1.165) is 4.47 Å². The van der Waals surface area contributed by atoms with Gasteiger partial charge in [0.15, 0.2) is 0 Å². The number of nitrogens with zero attached hydrogens (tertiary/aromatic N) is 1. The molecule has 3 nitrogen and oxygen atoms in total. The fourth-order valence-corrected chi connectivity index (χ4v) is 1.09. The summed E-state index contributed by atoms with van der Waals surface area (Å²) in [7, 11) is 3.37. The number of rotatable bonds is 3. The fraction of sp³-hybridized carbons (Fsp3) is 0.286. The molecule has 1 rings (SSSR count). The molecule has 1 N–H and O–H groups in total. The molecule has 1 heterocycles. The van der Waals surface area contributed by atoms with Crippen molar-refractivity contribution >= 4 is 31.6 Å². The first-order chi connectivity index (χ1) is 5.99. The van der Waals surface area contributed by atoms with Gasteiger partial charge in [-0.15, -0.1) is 0 Å². The normalized spacial score (nSPS) is 11.2. The van der Waals surface area contributed by atoms with Crippen molar-refractivity contribution in [2.24, 2.45) is 0 Å². The Labute approximate surface area is 87.5 Å². The van der Waals surface area contributed by atoms with Gasteiger partial charge in [-0.3, -0.25) is 0 Å². The van der Waals surface area contributed by atoms with Crippen molar-refractivity contribution in [3.8, 4) is 5.88 Å². The van der Waals surface area contributed by atoms with E-state index in [9.17, 15) is 5.11 Å². The molecule has 0 amide bonds. The summed E-state index contributed by atoms with van der Waals surface area (Å²) in [6.45, 7) is 0.225. The van der Waals surface area contributed by atoms with Gasteiger partial charge in [-0.1, -0.05) is 0 Å². The van der Waals surface area contributed by atoms with Crippen molar-refractivity contribution in [2.75, 3.05) is 6.61 Å². The molecule has 0 aliphatic carbocycles. The third kappa shape index (κ3) is 3.83. The molecule has 0 bridgehead atoms. The quantitative estimate of drug-likeness (QED) is 0.700. The smallest absolute Gasteiger partial charge is 0.227 e. The molecule has 68 valence electrons. The Kier molecular flexibility index (Phi) is 3.39. The van der Waals surface area contributed by atoms with Crippen molar-refractivity contribution in [3.63, 3.8) is 0 Å². The van der Waals surface area contributed by atoms with Crippen LogP contribution in [0.4, 0.5) is 0 Å². The summed E-state index contributed by atoms with van der Waals surface area (Å²) in [5.74, 6) is 0.504. The number of aliphatic hydroxyl groups is 1. The lowest BCUT2D eigenvalue weighted by molar-refractivity contribution is 0.132. The largest absolute Gasteiger partial charge is 0.475 e. The SMILES string of the molecule is BC(B)(O)COc1ncccc1Br. The Morgan fingerprint density at radius 3 is 2.85 bits per heavy atom. The van der Waals surface area contributed by atoms with E-state index < -0.39 is 5.40 Å². The van der Waals surface area contributed by atoms with Crippen LogP contribution in [0.3, 0.4) is 0 Å². The van der Waals surface area contributed by atoms with E-state index in [1.165, 1.54) is 0 Å². The maximum absolute atomic E-state index is 9.40. The van der Waals surface area contributed by atoms with Gasteiger partial charge < -0.3 is 9.84 Å². The van der Waals surface area contributed by atoms with Crippen LogP contribution < -0.4 is 4.74 Å². The highest BCUT2D eigenvalue weighted by Gasteiger charge is 2.14. The molecule has 0 aliphatic heterocycles. The van der Waals surface area contributed by atoms with E-state index in [1.54, 1.807) is 28.0 Å². The number of halogens is 1. The summed E-state index contributed by atoms with van der Waals surface area (Å²) in [6, 6.07) is 3.65. The highest BCUT2D eigenvalue weighted by atomic mass is 79.9. The second-order valence-corrected chi connectivity index (χ2v) is 4.25. The predicted molar refractivity (Wildman–Crippen MR) is 59.5 cm³/mol. The minimum Gasteiger partial charge on any atom is -0.475 e. The number of pyridine rings is 1. The van der Waals surface area contributed by atoms with Crippen LogP contribution in [0.1, 0.15) is 0 Å². The van der Waals surface area contributed by atoms with Gasteiger partial charge in [-0.2, -0.15) is 0 Å². The van der Waals surface area contributed by atoms with Gasteiger partial charge in [0.05, 0.1) is 4.47 Å². The maximum atomic E-state index is 9.40. The van der Waals surface area contributed by atoms with E-state index in [2.05, 4.69) is 20.9 Å². The first-order valence-electron chi connectivity index (χ1n) is 3.95. The Morgan fingerprint density at radius 2 is 2.31 bits per heavy atom. The summed E-state index contributed by atoms with van der Waals surface area (Å²) in [5, 5.41) is 8.57. The molecular formula is C7H10B2BrNO2. The van der Waals surface area contributed by atoms with E-state index in [-0.39, 0.29) is 6.61 Å². The lowest BCUT2D eigenvalue weighted by Gasteiger charge is -2.17. The van der Waals surface area contributed by atoms with Crippen LogP contribution in [-0.4, -0.2) is 37.8 Å². The monoisotopic (exact) mass is 241 g/mol. The lowest BCUT2D eigenvalue weighted by atomic mass is 9.66. The average Bonchev–Trinajstić information content (AvgIpc) is 2.01. The molecule has 0 aliphatic rings. The molecule has 13 heavy (non-hydrogen) atoms. The van der Waals surface area contributed by atoms with Crippen LogP contribution in [0, 0.1) is 0 Å². The van der Waals surface area contributed by atoms with E-state index in [1.807, 2.05) is 6.07 Å². The topological polar surface area (TPSA) is 42.4 Å². The fourth-order valence-electron chi connectivity index (χ4n) is 0.722. The zero-order valence-corrected chi connectivity index (χ0v) is 9.21. The van der Waals surface area contributed by atoms with Crippen molar-refractivity contribution in [2.45, 2.75) is 5.40 Å². The molecular weight excluding hydrogens is 232 g/mol. The molecule has 0 fully saturated rings. The van der Waals surface area contributed by atoms with Gasteiger partial charge in [-0.05, 0) is 28.1 Å². The highest BCUT2D eigenvalue weighted by molar-refractivity contribution is 9.10. The Hall–Kier alpha value is -0.480. The van der Waals surface area contributed by atoms with Crippen molar-refractivity contribution in [1.29, 1.82) is 0 Å². The first-order valence-corrected chi connectivity index (χ1v) is 4.74. The number of ether oxygens (including phenoxy) is 1. The Bertz CT molecular complexity index is 290. The molecule has 6 heteroatoms. The molecule has 0 radical (unpaired) electrons. The highest BCUT2D eigenvalue weighted by Crippen LogP contribution is 2.20. The van der Waals surface area contributed by atoms with Crippen LogP contribution in [0.15, 0.2) is 22.8 Å². The van der Waals surface area contributed by atoms with Crippen LogP contribution in [0.2, 0.25) is 0 Å². The number of hydrogen-bond donors (Lipinski definition) is 1. The van der Waals surface area contributed by atoms with Gasteiger partial charge >= 0.3 is 0 Å². The molecule has 1 aromatic rings. The van der Waals surface area contributed by atoms with Gasteiger partial charge in [0.25, 0.3) is 0 Å². The van der Waals surface area contributed by atoms with E-state index in [4.69, 9.17) is 4.74 Å². The zero-order valence-electron chi connectivity index (χ0n) is 7.62. The maximum Gasteiger partial charge on any atom is 0.227 e. The van der Waals surface area contributed by atoms with Crippen molar-refractivity contribution in [1.82, 2.24) is 4.98 Å². The third-order valence-corrected chi connectivity index (χ3v) is 1.89. The molecule has 0 atom stereocenters. The summed E-state index contributed by atoms with van der Waals surface area (Å²) >= 11 is 3.29. The van der Waals surface area contributed by atoms with Gasteiger partial charge in [0, 0.05) is 11.6 Å². The van der Waals surface area contributed by atoms with Crippen LogP contribution in [0.25, 0.3) is 0 Å². The first kappa shape index (κ1) is 10.6. The average molecular weight is 242 g/mol. The summed E-state index contributed by atoms with van der Waals surface area (Å²) in [4.78, 5) is 4.00. The van der Waals surface area contributed by atoms with Crippen LogP contribution in [-0.2, 0) is 0 Å². The van der Waals surface area contributed by atoms with Crippen LogP contribution in [0.5, 0.6) is 5.88 Å². The zero-order chi connectivity index (χ0) is 9.90.